The van der Waals surface area contributed by atoms with Gasteiger partial charge in [-0.15, -0.1) is 9.36 Å². The molecule has 4 nitrogen and oxygen atoms in total. The second kappa shape index (κ2) is 4.44. The van der Waals surface area contributed by atoms with Gasteiger partial charge in [0, 0.05) is 12.5 Å². The number of fused-ring (bicyclic) bond motifs is 1. The highest BCUT2D eigenvalue weighted by Crippen LogP contribution is 2.26. The smallest absolute Gasteiger partial charge is 0.161 e. The minimum atomic E-state index is -0.0620. The molecule has 1 aliphatic rings. The summed E-state index contributed by atoms with van der Waals surface area (Å²) < 4.78 is 3.18. The monoisotopic (exact) mass is 283 g/mol. The van der Waals surface area contributed by atoms with Crippen LogP contribution < -0.4 is 9.79 Å². The molecule has 6 heteroatoms. The predicted molar refractivity (Wildman–Crippen MR) is 66.2 cm³/mol. The second-order valence-corrected chi connectivity index (χ2v) is 5.15. The number of aryl methyl sites for hydroxylation is 1. The number of halogens is 2. The molecule has 18 heavy (non-hydrogen) atoms. The molecule has 0 N–H and O–H groups in total. The van der Waals surface area contributed by atoms with Crippen molar-refractivity contribution in [3.63, 3.8) is 0 Å². The summed E-state index contributed by atoms with van der Waals surface area (Å²) in [6.07, 6.45) is 2.90. The molecule has 94 valence electrons. The third kappa shape index (κ3) is 1.85. The Morgan fingerprint density at radius 1 is 1.22 bits per heavy atom. The van der Waals surface area contributed by atoms with E-state index in [9.17, 15) is 5.11 Å². The zero-order valence-corrected chi connectivity index (χ0v) is 11.1. The number of aromatic nitrogens is 3. The van der Waals surface area contributed by atoms with Crippen LogP contribution in [0, 0.1) is 0 Å². The Labute approximate surface area is 114 Å². The third-order valence-electron chi connectivity index (χ3n) is 3.13. The van der Waals surface area contributed by atoms with Crippen molar-refractivity contribution in [2.75, 3.05) is 0 Å². The van der Waals surface area contributed by atoms with Gasteiger partial charge in [0.05, 0.1) is 15.3 Å². The average Bonchev–Trinajstić information content (AvgIpc) is 2.71. The van der Waals surface area contributed by atoms with Gasteiger partial charge in [-0.2, -0.15) is 0 Å². The van der Waals surface area contributed by atoms with Crippen LogP contribution in [-0.4, -0.2) is 9.90 Å². The van der Waals surface area contributed by atoms with E-state index in [1.807, 2.05) is 0 Å². The van der Waals surface area contributed by atoms with Crippen LogP contribution in [0.1, 0.15) is 18.5 Å². The highest BCUT2D eigenvalue weighted by atomic mass is 35.5. The lowest BCUT2D eigenvalue weighted by Gasteiger charge is -2.08. The predicted octanol–water partition coefficient (Wildman–Crippen LogP) is 1.88. The molecule has 0 fully saturated rings. The minimum Gasteiger partial charge on any atom is -0.838 e. The molecule has 0 bridgehead atoms. The molecule has 0 saturated heterocycles. The molecule has 3 rings (SSSR count). The van der Waals surface area contributed by atoms with E-state index in [0.29, 0.717) is 15.7 Å². The van der Waals surface area contributed by atoms with Gasteiger partial charge >= 0.3 is 0 Å². The van der Waals surface area contributed by atoms with Gasteiger partial charge in [0.1, 0.15) is 12.4 Å². The maximum Gasteiger partial charge on any atom is 0.161 e. The van der Waals surface area contributed by atoms with Gasteiger partial charge < -0.3 is 5.11 Å². The first-order valence-corrected chi connectivity index (χ1v) is 6.57. The highest BCUT2D eigenvalue weighted by Gasteiger charge is 2.23. The van der Waals surface area contributed by atoms with Crippen LogP contribution in [0.2, 0.25) is 10.0 Å². The van der Waals surface area contributed by atoms with Crippen LogP contribution in [0.25, 0.3) is 5.69 Å². The van der Waals surface area contributed by atoms with Crippen LogP contribution in [0.4, 0.5) is 0 Å². The molecule has 1 aliphatic heterocycles. The zero-order chi connectivity index (χ0) is 12.7. The molecule has 1 aromatic heterocycles. The van der Waals surface area contributed by atoms with Gasteiger partial charge in [-0.05, 0) is 25.0 Å². The number of nitrogens with zero attached hydrogens (tertiary/aromatic N) is 3. The second-order valence-electron chi connectivity index (χ2n) is 4.33. The van der Waals surface area contributed by atoms with Crippen LogP contribution in [0.3, 0.4) is 0 Å². The van der Waals surface area contributed by atoms with E-state index in [0.717, 1.165) is 31.5 Å². The van der Waals surface area contributed by atoms with E-state index in [2.05, 4.69) is 5.21 Å². The summed E-state index contributed by atoms with van der Waals surface area (Å²) in [4.78, 5) is 0. The lowest BCUT2D eigenvalue weighted by Crippen LogP contribution is -2.42. The summed E-state index contributed by atoms with van der Waals surface area (Å²) in [7, 11) is 0. The van der Waals surface area contributed by atoms with Crippen molar-refractivity contribution in [2.24, 2.45) is 0 Å². The van der Waals surface area contributed by atoms with E-state index in [-0.39, 0.29) is 5.88 Å². The molecule has 0 amide bonds. The number of hydrogen-bond acceptors (Lipinski definition) is 2. The zero-order valence-electron chi connectivity index (χ0n) is 9.57. The fraction of sp³-hybridized carbons (Fsp3) is 0.333. The van der Waals surface area contributed by atoms with E-state index >= 15 is 0 Å². The molecular weight excluding hydrogens is 273 g/mol. The van der Waals surface area contributed by atoms with Crippen LogP contribution in [0.15, 0.2) is 18.2 Å². The Hall–Kier alpha value is -1.26. The largest absolute Gasteiger partial charge is 0.838 e. The molecule has 2 aromatic rings. The van der Waals surface area contributed by atoms with Crippen molar-refractivity contribution in [1.82, 2.24) is 9.90 Å². The van der Waals surface area contributed by atoms with Crippen LogP contribution >= 0.6 is 23.2 Å². The Kier molecular flexibility index (Phi) is 2.92. The highest BCUT2D eigenvalue weighted by molar-refractivity contribution is 6.42. The van der Waals surface area contributed by atoms with Crippen molar-refractivity contribution >= 4 is 23.2 Å². The molecule has 0 spiro atoms. The number of rotatable bonds is 1. The number of hydrogen-bond donors (Lipinski definition) is 0. The van der Waals surface area contributed by atoms with Crippen molar-refractivity contribution in [3.8, 4) is 11.6 Å². The molecule has 2 heterocycles. The number of benzene rings is 1. The molecule has 1 aromatic carbocycles. The van der Waals surface area contributed by atoms with Gasteiger partial charge in [0.2, 0.25) is 0 Å². The molecule has 0 radical (unpaired) electrons. The van der Waals surface area contributed by atoms with Gasteiger partial charge in [-0.1, -0.05) is 23.2 Å². The molecule has 0 atom stereocenters. The van der Waals surface area contributed by atoms with Gasteiger partial charge in [-0.25, -0.2) is 0 Å². The van der Waals surface area contributed by atoms with E-state index in [1.54, 1.807) is 22.9 Å². The van der Waals surface area contributed by atoms with Crippen molar-refractivity contribution in [2.45, 2.75) is 25.8 Å². The first kappa shape index (κ1) is 11.8. The van der Waals surface area contributed by atoms with Crippen molar-refractivity contribution in [1.29, 1.82) is 0 Å². The van der Waals surface area contributed by atoms with Crippen molar-refractivity contribution in [3.05, 3.63) is 33.9 Å². The lowest BCUT2D eigenvalue weighted by molar-refractivity contribution is -0.765. The molecular formula is C12H11Cl2N3O. The van der Waals surface area contributed by atoms with Crippen LogP contribution in [0.5, 0.6) is 5.88 Å². The summed E-state index contributed by atoms with van der Waals surface area (Å²) >= 11 is 11.8. The first-order chi connectivity index (χ1) is 8.66. The van der Waals surface area contributed by atoms with Gasteiger partial charge in [-0.3, -0.25) is 0 Å². The Morgan fingerprint density at radius 2 is 2.06 bits per heavy atom. The molecule has 0 aliphatic carbocycles. The third-order valence-corrected chi connectivity index (χ3v) is 3.87. The summed E-state index contributed by atoms with van der Waals surface area (Å²) in [6.45, 7) is 0.804. The summed E-state index contributed by atoms with van der Waals surface area (Å²) in [6, 6.07) is 5.07. The average molecular weight is 284 g/mol. The van der Waals surface area contributed by atoms with Crippen LogP contribution in [-0.2, 0) is 13.0 Å². The summed E-state index contributed by atoms with van der Waals surface area (Å²) in [5.74, 6) is -0.0620. The topological polar surface area (TPSA) is 44.8 Å². The SMILES string of the molecule is [O-]c1c2[n+](nn1-c1ccc(Cl)c(Cl)c1)CCCC2. The van der Waals surface area contributed by atoms with Gasteiger partial charge in [0.15, 0.2) is 11.4 Å². The first-order valence-electron chi connectivity index (χ1n) is 5.81. The quantitative estimate of drug-likeness (QED) is 0.750. The normalized spacial score (nSPS) is 14.6. The fourth-order valence-electron chi connectivity index (χ4n) is 2.19. The van der Waals surface area contributed by atoms with Crippen molar-refractivity contribution < 1.29 is 9.79 Å². The standard InChI is InChI=1S/C12H11Cl2N3O/c13-9-5-4-8(7-10(9)14)17-12(18)11-3-1-2-6-16(11)15-17/h4-5,7H,1-3,6H2. The molecule has 0 saturated carbocycles. The maximum atomic E-state index is 12.2. The van der Waals surface area contributed by atoms with Gasteiger partial charge in [0.25, 0.3) is 0 Å². The van der Waals surface area contributed by atoms with E-state index in [4.69, 9.17) is 23.2 Å². The fourth-order valence-corrected chi connectivity index (χ4v) is 2.48. The lowest BCUT2D eigenvalue weighted by atomic mass is 10.1. The Morgan fingerprint density at radius 3 is 2.78 bits per heavy atom. The molecule has 0 unspecified atom stereocenters. The van der Waals surface area contributed by atoms with E-state index < -0.39 is 0 Å². The summed E-state index contributed by atoms with van der Waals surface area (Å²) in [5.41, 5.74) is 1.42. The summed E-state index contributed by atoms with van der Waals surface area (Å²) in [5, 5.41) is 17.4. The minimum absolute atomic E-state index is 0.0620. The Balaban J connectivity index is 2.11. The van der Waals surface area contributed by atoms with E-state index in [1.165, 1.54) is 4.68 Å². The Bertz CT molecular complexity index is 610. The maximum absolute atomic E-state index is 12.2.